The van der Waals surface area contributed by atoms with E-state index in [1.165, 1.54) is 12.1 Å². The van der Waals surface area contributed by atoms with Crippen molar-refractivity contribution >= 4 is 27.3 Å². The Balaban J connectivity index is 1.91. The maximum absolute atomic E-state index is 13.2. The first-order valence-corrected chi connectivity index (χ1v) is 8.38. The maximum Gasteiger partial charge on any atom is 0.233 e. The molecule has 0 radical (unpaired) electrons. The fourth-order valence-electron chi connectivity index (χ4n) is 1.97. The Labute approximate surface area is 123 Å². The molecule has 5 nitrogen and oxygen atoms in total. The summed E-state index contributed by atoms with van der Waals surface area (Å²) in [5, 5.41) is 3.17. The Morgan fingerprint density at radius 2 is 2.05 bits per heavy atom. The first kappa shape index (κ1) is 15.5. The van der Waals surface area contributed by atoms with Crippen molar-refractivity contribution in [1.29, 1.82) is 0 Å². The van der Waals surface area contributed by atoms with Crippen LogP contribution in [-0.2, 0) is 10.0 Å². The lowest BCUT2D eigenvalue weighted by molar-refractivity contribution is 0.254. The minimum Gasteiger partial charge on any atom is -0.314 e. The summed E-state index contributed by atoms with van der Waals surface area (Å²) in [7, 11) is -3.49. The number of nitrogens with zero attached hydrogens (tertiary/aromatic N) is 1. The van der Waals surface area contributed by atoms with E-state index in [0.29, 0.717) is 6.54 Å². The highest BCUT2D eigenvalue weighted by Crippen LogP contribution is 2.19. The van der Waals surface area contributed by atoms with Gasteiger partial charge in [-0.2, -0.15) is 0 Å². The zero-order valence-electron chi connectivity index (χ0n) is 10.9. The average Bonchev–Trinajstić information content (AvgIpc) is 2.42. The number of benzene rings is 1. The summed E-state index contributed by atoms with van der Waals surface area (Å²) in [6.45, 7) is 3.88. The van der Waals surface area contributed by atoms with Crippen LogP contribution in [0.4, 0.5) is 10.1 Å². The molecule has 0 bridgehead atoms. The predicted molar refractivity (Wildman–Crippen MR) is 78.1 cm³/mol. The summed E-state index contributed by atoms with van der Waals surface area (Å²) in [5.74, 6) is -0.661. The van der Waals surface area contributed by atoms with Gasteiger partial charge in [0.25, 0.3) is 0 Å². The molecule has 0 saturated carbocycles. The Kier molecular flexibility index (Phi) is 5.20. The Morgan fingerprint density at radius 3 is 2.70 bits per heavy atom. The molecule has 0 aromatic heterocycles. The first-order valence-electron chi connectivity index (χ1n) is 6.35. The van der Waals surface area contributed by atoms with Gasteiger partial charge in [0, 0.05) is 32.7 Å². The lowest BCUT2D eigenvalue weighted by Gasteiger charge is -2.26. The lowest BCUT2D eigenvalue weighted by atomic mass is 10.3. The topological polar surface area (TPSA) is 61.4 Å². The highest BCUT2D eigenvalue weighted by Gasteiger charge is 2.16. The fraction of sp³-hybridized carbons (Fsp3) is 0.500. The minimum absolute atomic E-state index is 0.0166. The summed E-state index contributed by atoms with van der Waals surface area (Å²) < 4.78 is 39.5. The molecule has 2 N–H and O–H groups in total. The van der Waals surface area contributed by atoms with Crippen LogP contribution < -0.4 is 10.0 Å². The second-order valence-electron chi connectivity index (χ2n) is 4.64. The molecule has 8 heteroatoms. The maximum atomic E-state index is 13.2. The van der Waals surface area contributed by atoms with E-state index in [1.807, 2.05) is 0 Å². The number of piperazine rings is 1. The molecule has 1 heterocycles. The molecule has 0 spiro atoms. The van der Waals surface area contributed by atoms with Crippen molar-refractivity contribution in [1.82, 2.24) is 10.2 Å². The molecule has 1 fully saturated rings. The van der Waals surface area contributed by atoms with E-state index in [2.05, 4.69) is 14.9 Å². The Hall–Kier alpha value is -0.890. The molecule has 1 aliphatic rings. The van der Waals surface area contributed by atoms with E-state index in [-0.39, 0.29) is 16.5 Å². The van der Waals surface area contributed by atoms with E-state index in [4.69, 9.17) is 11.6 Å². The van der Waals surface area contributed by atoms with E-state index >= 15 is 0 Å². The summed E-state index contributed by atoms with van der Waals surface area (Å²) in [6, 6.07) is 3.84. The summed E-state index contributed by atoms with van der Waals surface area (Å²) >= 11 is 5.55. The van der Waals surface area contributed by atoms with Crippen molar-refractivity contribution in [3.05, 3.63) is 29.0 Å². The Morgan fingerprint density at radius 1 is 1.35 bits per heavy atom. The zero-order chi connectivity index (χ0) is 14.6. The van der Waals surface area contributed by atoms with Crippen molar-refractivity contribution in [2.45, 2.75) is 0 Å². The number of nitrogens with one attached hydrogen (secondary N) is 2. The molecule has 1 aromatic carbocycles. The molecule has 1 aliphatic heterocycles. The highest BCUT2D eigenvalue weighted by atomic mass is 35.5. The number of rotatable bonds is 5. The molecule has 0 aliphatic carbocycles. The predicted octanol–water partition coefficient (Wildman–Crippen LogP) is 1.13. The van der Waals surface area contributed by atoms with Gasteiger partial charge in [0.2, 0.25) is 10.0 Å². The van der Waals surface area contributed by atoms with E-state index in [0.717, 1.165) is 32.2 Å². The minimum atomic E-state index is -3.49. The number of hydrogen-bond donors (Lipinski definition) is 2. The van der Waals surface area contributed by atoms with Crippen molar-refractivity contribution in [2.24, 2.45) is 0 Å². The van der Waals surface area contributed by atoms with Crippen LogP contribution in [0.25, 0.3) is 0 Å². The number of halogens is 2. The molecule has 20 heavy (non-hydrogen) atoms. The molecule has 0 amide bonds. The second kappa shape index (κ2) is 6.71. The van der Waals surface area contributed by atoms with Crippen molar-refractivity contribution in [3.63, 3.8) is 0 Å². The van der Waals surface area contributed by atoms with Crippen LogP contribution in [0.2, 0.25) is 5.02 Å². The van der Waals surface area contributed by atoms with Crippen LogP contribution in [0.1, 0.15) is 0 Å². The molecular weight excluding hydrogens is 305 g/mol. The number of hydrogen-bond acceptors (Lipinski definition) is 4. The molecule has 1 aromatic rings. The second-order valence-corrected chi connectivity index (χ2v) is 6.89. The van der Waals surface area contributed by atoms with Crippen LogP contribution >= 0.6 is 11.6 Å². The van der Waals surface area contributed by atoms with E-state index in [9.17, 15) is 12.8 Å². The normalized spacial score (nSPS) is 17.1. The zero-order valence-corrected chi connectivity index (χ0v) is 12.5. The van der Waals surface area contributed by atoms with Crippen LogP contribution in [0, 0.1) is 5.82 Å². The van der Waals surface area contributed by atoms with Gasteiger partial charge in [0.1, 0.15) is 5.82 Å². The molecule has 0 atom stereocenters. The molecule has 0 unspecified atom stereocenters. The van der Waals surface area contributed by atoms with Gasteiger partial charge in [-0.1, -0.05) is 11.6 Å². The van der Waals surface area contributed by atoms with Crippen LogP contribution in [0.3, 0.4) is 0 Å². The van der Waals surface area contributed by atoms with Crippen molar-refractivity contribution in [3.8, 4) is 0 Å². The SMILES string of the molecule is O=S(=O)(CCN1CCNCC1)Nc1ccc(Cl)c(F)c1. The Bertz CT molecular complexity index is 562. The van der Waals surface area contributed by atoms with Gasteiger partial charge in [-0.25, -0.2) is 12.8 Å². The van der Waals surface area contributed by atoms with Gasteiger partial charge < -0.3 is 5.32 Å². The van der Waals surface area contributed by atoms with E-state index < -0.39 is 15.8 Å². The molecular formula is C12H17ClFN3O2S. The van der Waals surface area contributed by atoms with Gasteiger partial charge in [-0.15, -0.1) is 0 Å². The van der Waals surface area contributed by atoms with Crippen molar-refractivity contribution < 1.29 is 12.8 Å². The lowest BCUT2D eigenvalue weighted by Crippen LogP contribution is -2.45. The van der Waals surface area contributed by atoms with Crippen LogP contribution in [0.15, 0.2) is 18.2 Å². The smallest absolute Gasteiger partial charge is 0.233 e. The first-order chi connectivity index (χ1) is 9.46. The molecule has 1 saturated heterocycles. The standard InChI is InChI=1S/C12H17ClFN3O2S/c13-11-2-1-10(9-12(11)14)16-20(18,19)8-7-17-5-3-15-4-6-17/h1-2,9,15-16H,3-8H2. The quantitative estimate of drug-likeness (QED) is 0.853. The fourth-order valence-corrected chi connectivity index (χ4v) is 3.18. The molecule has 112 valence electrons. The van der Waals surface area contributed by atoms with Gasteiger partial charge in [0.05, 0.1) is 16.5 Å². The summed E-state index contributed by atoms with van der Waals surface area (Å²) in [6.07, 6.45) is 0. The third-order valence-electron chi connectivity index (χ3n) is 3.08. The van der Waals surface area contributed by atoms with Crippen molar-refractivity contribution in [2.75, 3.05) is 43.2 Å². The van der Waals surface area contributed by atoms with Gasteiger partial charge in [-0.3, -0.25) is 9.62 Å². The summed E-state index contributed by atoms with van der Waals surface area (Å²) in [4.78, 5) is 2.08. The number of sulfonamides is 1. The van der Waals surface area contributed by atoms with Gasteiger partial charge in [0.15, 0.2) is 0 Å². The van der Waals surface area contributed by atoms with Gasteiger partial charge >= 0.3 is 0 Å². The van der Waals surface area contributed by atoms with Crippen LogP contribution in [0.5, 0.6) is 0 Å². The highest BCUT2D eigenvalue weighted by molar-refractivity contribution is 7.92. The molecule has 2 rings (SSSR count). The summed E-state index contributed by atoms with van der Waals surface area (Å²) in [5.41, 5.74) is 0.187. The third-order valence-corrected chi connectivity index (χ3v) is 4.65. The van der Waals surface area contributed by atoms with Gasteiger partial charge in [-0.05, 0) is 18.2 Å². The third kappa shape index (κ3) is 4.59. The van der Waals surface area contributed by atoms with Crippen LogP contribution in [-0.4, -0.2) is 51.8 Å². The van der Waals surface area contributed by atoms with E-state index in [1.54, 1.807) is 0 Å². The number of anilines is 1. The largest absolute Gasteiger partial charge is 0.314 e. The monoisotopic (exact) mass is 321 g/mol. The average molecular weight is 322 g/mol.